The number of primary amides is 1. The molecule has 5 heterocycles. The molecule has 0 spiro atoms. The molecule has 0 unspecified atom stereocenters. The largest absolute Gasteiger partial charge is 0.472 e. The van der Waals surface area contributed by atoms with E-state index in [1.165, 1.54) is 0 Å². The number of hydrogen-bond acceptors (Lipinski definition) is 7. The van der Waals surface area contributed by atoms with Crippen molar-refractivity contribution in [2.75, 3.05) is 25.6 Å². The van der Waals surface area contributed by atoms with Gasteiger partial charge in [0.25, 0.3) is 0 Å². The summed E-state index contributed by atoms with van der Waals surface area (Å²) in [4.78, 5) is 20.6. The second-order valence-corrected chi connectivity index (χ2v) is 7.74. The Balaban J connectivity index is 1.72. The first-order chi connectivity index (χ1) is 15.5. The second-order valence-electron chi connectivity index (χ2n) is 7.74. The minimum atomic E-state index is -0.697. The van der Waals surface area contributed by atoms with Crippen molar-refractivity contribution in [3.05, 3.63) is 54.2 Å². The van der Waals surface area contributed by atoms with E-state index in [0.717, 1.165) is 28.6 Å². The number of carbonyl (C=O) groups excluding carboxylic acids is 1. The molecular weight excluding hydrogens is 412 g/mol. The van der Waals surface area contributed by atoms with Crippen molar-refractivity contribution >= 4 is 22.8 Å². The molecular formula is C22H22N6O4. The summed E-state index contributed by atoms with van der Waals surface area (Å²) < 4.78 is 18.4. The first kappa shape index (κ1) is 20.2. The number of nitrogens with two attached hydrogens (primary N) is 1. The van der Waals surface area contributed by atoms with Gasteiger partial charge in [0, 0.05) is 43.4 Å². The zero-order valence-corrected chi connectivity index (χ0v) is 17.7. The Morgan fingerprint density at radius 3 is 2.91 bits per heavy atom. The van der Waals surface area contributed by atoms with Crippen molar-refractivity contribution in [3.8, 4) is 17.1 Å². The maximum Gasteiger partial charge on any atom is 0.317 e. The molecule has 10 nitrogen and oxygen atoms in total. The van der Waals surface area contributed by atoms with Gasteiger partial charge in [-0.25, -0.2) is 19.4 Å². The van der Waals surface area contributed by atoms with Crippen LogP contribution in [0.4, 0.5) is 10.6 Å². The molecule has 2 amide bonds. The molecule has 1 aliphatic rings. The Morgan fingerprint density at radius 2 is 2.22 bits per heavy atom. The number of nitrogens with zero attached hydrogens (tertiary/aromatic N) is 4. The van der Waals surface area contributed by atoms with Gasteiger partial charge < -0.3 is 19.6 Å². The van der Waals surface area contributed by atoms with Crippen molar-refractivity contribution in [1.29, 1.82) is 0 Å². The number of urea groups is 1. The van der Waals surface area contributed by atoms with Crippen LogP contribution in [0.5, 0.6) is 0 Å². The molecule has 1 aliphatic heterocycles. The van der Waals surface area contributed by atoms with E-state index in [0.29, 0.717) is 36.1 Å². The molecule has 10 heteroatoms. The van der Waals surface area contributed by atoms with Crippen molar-refractivity contribution < 1.29 is 18.7 Å². The lowest BCUT2D eigenvalue weighted by atomic mass is 9.97. The van der Waals surface area contributed by atoms with Crippen LogP contribution in [0.3, 0.4) is 0 Å². The van der Waals surface area contributed by atoms with Crippen molar-refractivity contribution in [2.24, 2.45) is 5.73 Å². The van der Waals surface area contributed by atoms with Gasteiger partial charge in [0.2, 0.25) is 0 Å². The van der Waals surface area contributed by atoms with Crippen LogP contribution in [0.25, 0.3) is 28.0 Å². The molecule has 4 aromatic rings. The lowest BCUT2D eigenvalue weighted by Crippen LogP contribution is -2.30. The number of nitrogens with one attached hydrogen (secondary N) is 1. The Morgan fingerprint density at radius 1 is 1.34 bits per heavy atom. The minimum absolute atomic E-state index is 0.315. The molecule has 3 N–H and O–H groups in total. The van der Waals surface area contributed by atoms with E-state index in [4.69, 9.17) is 29.7 Å². The van der Waals surface area contributed by atoms with Gasteiger partial charge in [-0.05, 0) is 30.7 Å². The lowest BCUT2D eigenvalue weighted by molar-refractivity contribution is -0.0246. The van der Waals surface area contributed by atoms with E-state index < -0.39 is 11.6 Å². The fraction of sp³-hybridized carbons (Fsp3) is 0.273. The van der Waals surface area contributed by atoms with E-state index in [2.05, 4.69) is 10.3 Å². The molecule has 0 radical (unpaired) electrons. The number of furan rings is 1. The molecule has 164 valence electrons. The average molecular weight is 434 g/mol. The van der Waals surface area contributed by atoms with Gasteiger partial charge in [0.05, 0.1) is 30.3 Å². The van der Waals surface area contributed by atoms with Gasteiger partial charge >= 0.3 is 6.03 Å². The topological polar surface area (TPSA) is 130 Å². The van der Waals surface area contributed by atoms with Crippen LogP contribution in [0.15, 0.2) is 47.4 Å². The monoisotopic (exact) mass is 434 g/mol. The summed E-state index contributed by atoms with van der Waals surface area (Å²) in [6.07, 6.45) is 5.56. The van der Waals surface area contributed by atoms with Crippen LogP contribution in [-0.2, 0) is 15.1 Å². The number of ether oxygens (including phenoxy) is 2. The number of aryl methyl sites for hydroxylation is 1. The van der Waals surface area contributed by atoms with Crippen LogP contribution in [0.2, 0.25) is 0 Å². The fourth-order valence-electron chi connectivity index (χ4n) is 4.00. The van der Waals surface area contributed by atoms with Gasteiger partial charge in [0.15, 0.2) is 5.82 Å². The van der Waals surface area contributed by atoms with Gasteiger partial charge in [-0.2, -0.15) is 5.10 Å². The SMILES string of the molecule is CO[C@]1(c2cc(C)cc(-n3nc(-c4ccoc4)c4cnc(NC(N)=O)cc43)n2)CCOC1. The molecule has 32 heavy (non-hydrogen) atoms. The maximum atomic E-state index is 11.4. The van der Waals surface area contributed by atoms with E-state index in [-0.39, 0.29) is 0 Å². The van der Waals surface area contributed by atoms with Crippen molar-refractivity contribution in [2.45, 2.75) is 18.9 Å². The number of hydrogen-bond donors (Lipinski definition) is 2. The first-order valence-electron chi connectivity index (χ1n) is 10.1. The Kier molecular flexibility index (Phi) is 4.87. The summed E-state index contributed by atoms with van der Waals surface area (Å²) in [5, 5.41) is 8.11. The van der Waals surface area contributed by atoms with Gasteiger partial charge in [-0.3, -0.25) is 5.32 Å². The number of fused-ring (bicyclic) bond motifs is 1. The van der Waals surface area contributed by atoms with Gasteiger partial charge in [0.1, 0.15) is 17.1 Å². The zero-order valence-electron chi connectivity index (χ0n) is 17.7. The first-order valence-corrected chi connectivity index (χ1v) is 10.1. The van der Waals surface area contributed by atoms with Gasteiger partial charge in [-0.1, -0.05) is 0 Å². The molecule has 1 fully saturated rings. The molecule has 1 atom stereocenters. The van der Waals surface area contributed by atoms with Crippen LogP contribution in [0.1, 0.15) is 17.7 Å². The van der Waals surface area contributed by atoms with Crippen molar-refractivity contribution in [1.82, 2.24) is 19.7 Å². The number of rotatable bonds is 5. The summed E-state index contributed by atoms with van der Waals surface area (Å²) >= 11 is 0. The lowest BCUT2D eigenvalue weighted by Gasteiger charge is -2.26. The highest BCUT2D eigenvalue weighted by Crippen LogP contribution is 2.35. The maximum absolute atomic E-state index is 11.4. The summed E-state index contributed by atoms with van der Waals surface area (Å²) in [7, 11) is 1.67. The smallest absolute Gasteiger partial charge is 0.317 e. The Bertz CT molecular complexity index is 1290. The molecule has 0 saturated carbocycles. The third-order valence-corrected chi connectivity index (χ3v) is 5.63. The normalized spacial score (nSPS) is 18.3. The quantitative estimate of drug-likeness (QED) is 0.493. The fourth-order valence-corrected chi connectivity index (χ4v) is 4.00. The Hall–Kier alpha value is -3.76. The van der Waals surface area contributed by atoms with E-state index in [9.17, 15) is 4.79 Å². The molecule has 0 aromatic carbocycles. The molecule has 4 aromatic heterocycles. The minimum Gasteiger partial charge on any atom is -0.472 e. The standard InChI is InChI=1S/C22H22N6O4/c1-13-7-17(22(30-2)4-6-32-12-22)25-19(8-13)28-16-9-18(26-21(23)29)24-10-15(16)20(27-28)14-3-5-31-11-14/h3,5,7-11H,4,6,12H2,1-2H3,(H3,23,24,26,29)/t22-/m1/s1. The van der Waals surface area contributed by atoms with Crippen LogP contribution in [-0.4, -0.2) is 46.1 Å². The highest BCUT2D eigenvalue weighted by atomic mass is 16.5. The number of anilines is 1. The van der Waals surface area contributed by atoms with Crippen LogP contribution >= 0.6 is 0 Å². The summed E-state index contributed by atoms with van der Waals surface area (Å²) in [5.74, 6) is 0.926. The van der Waals surface area contributed by atoms with Crippen LogP contribution in [0, 0.1) is 6.92 Å². The number of pyridine rings is 2. The third-order valence-electron chi connectivity index (χ3n) is 5.63. The number of aromatic nitrogens is 4. The molecule has 0 bridgehead atoms. The summed E-state index contributed by atoms with van der Waals surface area (Å²) in [6.45, 7) is 3.05. The highest BCUT2D eigenvalue weighted by molar-refractivity contribution is 5.96. The molecule has 5 rings (SSSR count). The van der Waals surface area contributed by atoms with Gasteiger partial charge in [-0.15, -0.1) is 0 Å². The summed E-state index contributed by atoms with van der Waals surface area (Å²) in [5.41, 5.74) is 8.66. The number of amides is 2. The highest BCUT2D eigenvalue weighted by Gasteiger charge is 2.38. The van der Waals surface area contributed by atoms with Crippen LogP contribution < -0.4 is 11.1 Å². The summed E-state index contributed by atoms with van der Waals surface area (Å²) in [6, 6.07) is 6.79. The molecule has 1 saturated heterocycles. The van der Waals surface area contributed by atoms with E-state index in [1.54, 1.807) is 36.6 Å². The zero-order chi connectivity index (χ0) is 22.3. The molecule has 0 aliphatic carbocycles. The average Bonchev–Trinajstić information content (AvgIpc) is 3.52. The van der Waals surface area contributed by atoms with E-state index >= 15 is 0 Å². The van der Waals surface area contributed by atoms with Crippen molar-refractivity contribution in [3.63, 3.8) is 0 Å². The van der Waals surface area contributed by atoms with E-state index in [1.807, 2.05) is 25.1 Å². The third kappa shape index (κ3) is 3.39. The second kappa shape index (κ2) is 7.74. The number of methoxy groups -OCH3 is 1. The predicted octanol–water partition coefficient (Wildman–Crippen LogP) is 3.14. The number of carbonyl (C=O) groups is 1. The Labute approximate surface area is 183 Å². The predicted molar refractivity (Wildman–Crippen MR) is 116 cm³/mol.